The summed E-state index contributed by atoms with van der Waals surface area (Å²) in [5.41, 5.74) is 5.43. The lowest BCUT2D eigenvalue weighted by atomic mass is 10.2. The molecule has 1 amide bonds. The molecule has 40 heavy (non-hydrogen) atoms. The van der Waals surface area contributed by atoms with Gasteiger partial charge in [-0.15, -0.1) is 16.4 Å². The Kier molecular flexibility index (Phi) is 7.21. The molecule has 1 N–H and O–H groups in total. The number of nitrogens with zero attached hydrogens (tertiary/aromatic N) is 6. The van der Waals surface area contributed by atoms with Gasteiger partial charge in [0.1, 0.15) is 10.8 Å². The fourth-order valence-corrected chi connectivity index (χ4v) is 5.94. The number of amides is 1. The number of ether oxygens (including phenoxy) is 1. The Labute approximate surface area is 238 Å². The van der Waals surface area contributed by atoms with Gasteiger partial charge in [0, 0.05) is 29.4 Å². The number of thiazole rings is 1. The summed E-state index contributed by atoms with van der Waals surface area (Å²) in [7, 11) is 1.61. The number of methoxy groups -OCH3 is 1. The van der Waals surface area contributed by atoms with Crippen LogP contribution >= 0.6 is 23.1 Å². The lowest BCUT2D eigenvalue weighted by molar-refractivity contribution is 0.102. The number of aryl methyl sites for hydroxylation is 1. The van der Waals surface area contributed by atoms with Crippen LogP contribution in [0.2, 0.25) is 0 Å². The molecular weight excluding hydrogens is 543 g/mol. The van der Waals surface area contributed by atoms with Gasteiger partial charge in [0.2, 0.25) is 0 Å². The minimum absolute atomic E-state index is 0.227. The summed E-state index contributed by atoms with van der Waals surface area (Å²) in [5, 5.41) is 13.0. The van der Waals surface area contributed by atoms with Gasteiger partial charge in [-0.05, 0) is 79.2 Å². The van der Waals surface area contributed by atoms with Crippen molar-refractivity contribution in [2.24, 2.45) is 0 Å². The third-order valence-electron chi connectivity index (χ3n) is 6.11. The molecule has 0 spiro atoms. The molecular formula is C29H23N7O2S2. The van der Waals surface area contributed by atoms with Crippen molar-refractivity contribution >= 4 is 44.9 Å². The van der Waals surface area contributed by atoms with E-state index in [0.29, 0.717) is 22.3 Å². The fraction of sp³-hybridized carbons (Fsp3) is 0.103. The van der Waals surface area contributed by atoms with E-state index in [1.165, 1.54) is 17.3 Å². The second-order valence-corrected chi connectivity index (χ2v) is 10.8. The van der Waals surface area contributed by atoms with Crippen LogP contribution in [0.5, 0.6) is 5.75 Å². The van der Waals surface area contributed by atoms with Gasteiger partial charge < -0.3 is 10.1 Å². The number of benzene rings is 3. The van der Waals surface area contributed by atoms with Crippen molar-refractivity contribution in [1.82, 2.24) is 29.9 Å². The Hall–Kier alpha value is -4.61. The first kappa shape index (κ1) is 25.7. The first-order chi connectivity index (χ1) is 19.6. The number of thioether (sulfide) groups is 1. The minimum atomic E-state index is -0.354. The van der Waals surface area contributed by atoms with E-state index in [1.807, 2.05) is 54.6 Å². The second-order valence-electron chi connectivity index (χ2n) is 8.84. The van der Waals surface area contributed by atoms with Crippen molar-refractivity contribution in [3.63, 3.8) is 0 Å². The number of hydrogen-bond acceptors (Lipinski definition) is 9. The number of anilines is 1. The molecule has 0 radical (unpaired) electrons. The molecule has 0 saturated carbocycles. The first-order valence-corrected chi connectivity index (χ1v) is 14.2. The predicted octanol–water partition coefficient (Wildman–Crippen LogP) is 6.20. The number of rotatable bonds is 8. The zero-order valence-electron chi connectivity index (χ0n) is 21.6. The number of hydrogen-bond donors (Lipinski definition) is 1. The number of fused-ring (bicyclic) bond motifs is 1. The third kappa shape index (κ3) is 5.42. The molecule has 0 unspecified atom stereocenters. The molecule has 0 atom stereocenters. The van der Waals surface area contributed by atoms with Gasteiger partial charge in [0.25, 0.3) is 5.91 Å². The average Bonchev–Trinajstić information content (AvgIpc) is 3.61. The summed E-state index contributed by atoms with van der Waals surface area (Å²) in [5.74, 6) is 0.759. The van der Waals surface area contributed by atoms with Gasteiger partial charge in [-0.25, -0.2) is 19.6 Å². The summed E-state index contributed by atoms with van der Waals surface area (Å²) in [6.45, 7) is 2.07. The number of carbonyl (C=O) groups excluding carboxylic acids is 1. The van der Waals surface area contributed by atoms with Crippen LogP contribution in [0.1, 0.15) is 21.7 Å². The SMILES string of the molecule is COc1ccc(-n2nnc(C(=O)Nc3ccc(-c4nc5ccc(C)cc5s4)cc3)c2CSc2ncccn2)cc1. The summed E-state index contributed by atoms with van der Waals surface area (Å²) >= 11 is 3.05. The Morgan fingerprint density at radius 1 is 1.02 bits per heavy atom. The van der Waals surface area contributed by atoms with Crippen molar-refractivity contribution in [2.45, 2.75) is 17.8 Å². The fourth-order valence-electron chi connectivity index (χ4n) is 4.07. The highest BCUT2D eigenvalue weighted by atomic mass is 32.2. The summed E-state index contributed by atoms with van der Waals surface area (Å²) in [6.07, 6.45) is 3.36. The van der Waals surface area contributed by atoms with Crippen LogP contribution in [0.3, 0.4) is 0 Å². The van der Waals surface area contributed by atoms with Crippen molar-refractivity contribution in [2.75, 3.05) is 12.4 Å². The summed E-state index contributed by atoms with van der Waals surface area (Å²) in [4.78, 5) is 26.7. The lowest BCUT2D eigenvalue weighted by Gasteiger charge is -2.09. The second kappa shape index (κ2) is 11.2. The lowest BCUT2D eigenvalue weighted by Crippen LogP contribution is -2.15. The number of nitrogens with one attached hydrogen (secondary N) is 1. The predicted molar refractivity (Wildman–Crippen MR) is 157 cm³/mol. The molecule has 198 valence electrons. The average molecular weight is 566 g/mol. The van der Waals surface area contributed by atoms with E-state index in [-0.39, 0.29) is 11.6 Å². The molecule has 0 aliphatic heterocycles. The van der Waals surface area contributed by atoms with Gasteiger partial charge in [-0.3, -0.25) is 4.79 Å². The Bertz CT molecular complexity index is 1780. The molecule has 11 heteroatoms. The Morgan fingerprint density at radius 2 is 1.80 bits per heavy atom. The third-order valence-corrected chi connectivity index (χ3v) is 8.06. The standard InChI is InChI=1S/C29H23N7O2S2/c1-18-4-13-23-25(16-18)40-28(33-23)19-5-7-20(8-6-19)32-27(37)26-24(17-39-29-30-14-3-15-31-29)36(35-34-26)21-9-11-22(38-2)12-10-21/h3-16H,17H2,1-2H3,(H,32,37). The van der Waals surface area contributed by atoms with E-state index in [1.54, 1.807) is 41.6 Å². The maximum Gasteiger partial charge on any atom is 0.278 e. The molecule has 3 heterocycles. The molecule has 0 fully saturated rings. The molecule has 0 bridgehead atoms. The quantitative estimate of drug-likeness (QED) is 0.172. The zero-order valence-corrected chi connectivity index (χ0v) is 23.2. The highest BCUT2D eigenvalue weighted by Gasteiger charge is 2.22. The van der Waals surface area contributed by atoms with Crippen LogP contribution in [0, 0.1) is 6.92 Å². The maximum absolute atomic E-state index is 13.4. The van der Waals surface area contributed by atoms with Crippen LogP contribution in [-0.2, 0) is 5.75 Å². The van der Waals surface area contributed by atoms with Crippen molar-refractivity contribution in [1.29, 1.82) is 0 Å². The van der Waals surface area contributed by atoms with E-state index in [0.717, 1.165) is 32.2 Å². The summed E-state index contributed by atoms with van der Waals surface area (Å²) in [6, 6.07) is 23.1. The number of carbonyl (C=O) groups is 1. The molecule has 0 aliphatic rings. The van der Waals surface area contributed by atoms with Gasteiger partial charge >= 0.3 is 0 Å². The van der Waals surface area contributed by atoms with Gasteiger partial charge in [-0.1, -0.05) is 23.0 Å². The zero-order chi connectivity index (χ0) is 27.5. The van der Waals surface area contributed by atoms with Crippen LogP contribution in [0.4, 0.5) is 5.69 Å². The van der Waals surface area contributed by atoms with E-state index in [2.05, 4.69) is 44.7 Å². The normalized spacial score (nSPS) is 11.1. The van der Waals surface area contributed by atoms with Gasteiger partial charge in [-0.2, -0.15) is 0 Å². The Morgan fingerprint density at radius 3 is 2.55 bits per heavy atom. The van der Waals surface area contributed by atoms with E-state index in [4.69, 9.17) is 9.72 Å². The highest BCUT2D eigenvalue weighted by molar-refractivity contribution is 7.98. The van der Waals surface area contributed by atoms with Crippen molar-refractivity contribution in [3.05, 3.63) is 102 Å². The monoisotopic (exact) mass is 565 g/mol. The van der Waals surface area contributed by atoms with Crippen molar-refractivity contribution < 1.29 is 9.53 Å². The van der Waals surface area contributed by atoms with E-state index < -0.39 is 0 Å². The van der Waals surface area contributed by atoms with E-state index in [9.17, 15) is 4.79 Å². The molecule has 3 aromatic heterocycles. The van der Waals surface area contributed by atoms with Crippen LogP contribution in [0.25, 0.3) is 26.5 Å². The first-order valence-electron chi connectivity index (χ1n) is 12.4. The van der Waals surface area contributed by atoms with Crippen LogP contribution in [0.15, 0.2) is 90.3 Å². The van der Waals surface area contributed by atoms with Crippen LogP contribution in [-0.4, -0.2) is 43.0 Å². The molecule has 3 aromatic carbocycles. The largest absolute Gasteiger partial charge is 0.497 e. The smallest absolute Gasteiger partial charge is 0.278 e. The molecule has 6 aromatic rings. The molecule has 0 saturated heterocycles. The molecule has 9 nitrogen and oxygen atoms in total. The van der Waals surface area contributed by atoms with Gasteiger partial charge in [0.05, 0.1) is 28.7 Å². The minimum Gasteiger partial charge on any atom is -0.497 e. The topological polar surface area (TPSA) is 108 Å². The highest BCUT2D eigenvalue weighted by Crippen LogP contribution is 2.31. The van der Waals surface area contributed by atoms with E-state index >= 15 is 0 Å². The molecule has 0 aliphatic carbocycles. The number of aromatic nitrogens is 6. The summed E-state index contributed by atoms with van der Waals surface area (Å²) < 4.78 is 8.08. The van der Waals surface area contributed by atoms with Crippen molar-refractivity contribution in [3.8, 4) is 22.0 Å². The van der Waals surface area contributed by atoms with Gasteiger partial charge in [0.15, 0.2) is 10.9 Å². The maximum atomic E-state index is 13.4. The molecule has 6 rings (SSSR count). The Balaban J connectivity index is 1.25. The van der Waals surface area contributed by atoms with Crippen LogP contribution < -0.4 is 10.1 Å².